The Kier molecular flexibility index (Phi) is 2520. The van der Waals surface area contributed by atoms with E-state index < -0.39 is 0 Å². The molecule has 2 aromatic rings. The minimum Gasteiger partial charge on any atom is -0.214 e. The van der Waals surface area contributed by atoms with Gasteiger partial charge in [0.25, 0.3) is 0 Å². The molecule has 43 heavy (non-hydrogen) atoms. The van der Waals surface area contributed by atoms with Crippen molar-refractivity contribution in [1.82, 2.24) is 0 Å². The summed E-state index contributed by atoms with van der Waals surface area (Å²) in [6.45, 7) is 58.5. The number of rotatable bonds is 0. The Balaban J connectivity index is -0.00000000741. The fourth-order valence-electron chi connectivity index (χ4n) is 0.642. The van der Waals surface area contributed by atoms with Crippen molar-refractivity contribution in [2.45, 2.75) is 0 Å². The first-order chi connectivity index (χ1) is 18.0. The molecule has 0 atom stereocenters. The van der Waals surface area contributed by atoms with Crippen LogP contribution in [0.15, 0.2) is 60.7 Å². The van der Waals surface area contributed by atoms with Crippen molar-refractivity contribution in [3.63, 3.8) is 0 Å². The largest absolute Gasteiger partial charge is 0.214 e. The summed E-state index contributed by atoms with van der Waals surface area (Å²) < 4.78 is 97.5. The normalized spacial score (nSPS) is 2.47. The van der Waals surface area contributed by atoms with Crippen LogP contribution in [0.25, 0.3) is 0 Å². The summed E-state index contributed by atoms with van der Waals surface area (Å²) in [5.74, 6) is 0. The smallest absolute Gasteiger partial charge is 0 e. The van der Waals surface area contributed by atoms with Crippen LogP contribution in [0, 0.1) is 86.5 Å². The molecule has 0 heterocycles. The van der Waals surface area contributed by atoms with Gasteiger partial charge in [-0.15, -0.1) is 0 Å². The van der Waals surface area contributed by atoms with E-state index >= 15 is 0 Å². The average molecular weight is 1020 g/mol. The van der Waals surface area contributed by atoms with Crippen LogP contribution in [0.5, 0.6) is 0 Å². The second-order valence-electron chi connectivity index (χ2n) is 1.92. The van der Waals surface area contributed by atoms with Crippen LogP contribution in [-0.4, -0.2) is 48.9 Å². The molecule has 13 nitrogen and oxygen atoms in total. The van der Waals surface area contributed by atoms with E-state index in [9.17, 15) is 0 Å². The van der Waals surface area contributed by atoms with Crippen molar-refractivity contribution >= 4 is 48.9 Å². The molecule has 0 saturated heterocycles. The van der Waals surface area contributed by atoms with Crippen LogP contribution in [-0.2, 0) is 146 Å². The van der Waals surface area contributed by atoms with Crippen molar-refractivity contribution in [2.75, 3.05) is 0 Å². The Morgan fingerprint density at radius 1 is 0.256 bits per heavy atom. The third-order valence-corrected chi connectivity index (χ3v) is 1.11. The zero-order valence-corrected chi connectivity index (χ0v) is 31.1. The van der Waals surface area contributed by atoms with Crippen LogP contribution in [0.1, 0.15) is 0 Å². The van der Waals surface area contributed by atoms with E-state index in [4.69, 9.17) is 60.5 Å². The Bertz CT molecular complexity index is 545. The van der Waals surface area contributed by atoms with E-state index in [1.54, 1.807) is 0 Å². The fourth-order valence-corrected chi connectivity index (χ4v) is 0.642. The molecule has 20 heteroatoms. The first kappa shape index (κ1) is 144. The van der Waals surface area contributed by atoms with Gasteiger partial charge in [0.15, 0.2) is 0 Å². The van der Waals surface area contributed by atoms with Crippen molar-refractivity contribution in [3.05, 3.63) is 147 Å². The molecule has 0 fully saturated rings. The number of hydrogen-bond acceptors (Lipinski definition) is 0. The minimum atomic E-state index is 0. The van der Waals surface area contributed by atoms with Crippen LogP contribution in [0.2, 0.25) is 0 Å². The second-order valence-corrected chi connectivity index (χ2v) is 1.92. The molecule has 2 rings (SSSR count). The van der Waals surface area contributed by atoms with Crippen molar-refractivity contribution in [2.24, 2.45) is 0 Å². The van der Waals surface area contributed by atoms with Gasteiger partial charge in [0, 0.05) is 134 Å². The molecular weight excluding hydrogens is 1010 g/mol. The van der Waals surface area contributed by atoms with E-state index in [1.807, 2.05) is 60.7 Å². The summed E-state index contributed by atoms with van der Waals surface area (Å²) in [5, 5.41) is 0. The summed E-state index contributed by atoms with van der Waals surface area (Å²) >= 11 is 0. The molecule has 0 unspecified atom stereocenters. The Labute approximate surface area is 338 Å². The van der Waals surface area contributed by atoms with Gasteiger partial charge in [-0.05, 0) is 0 Å². The molecule has 0 N–H and O–H groups in total. The van der Waals surface area contributed by atoms with Gasteiger partial charge in [-0.2, -0.15) is 36.4 Å². The average Bonchev–Trinajstić information content (AvgIpc) is 3.86. The Morgan fingerprint density at radius 3 is 0.349 bits per heavy atom. The molecular formula is C23H10Fe3Mn2O13Sb2-2. The molecule has 8 radical (unpaired) electrons. The van der Waals surface area contributed by atoms with Crippen LogP contribution >= 0.6 is 0 Å². The van der Waals surface area contributed by atoms with E-state index in [0.717, 1.165) is 0 Å². The monoisotopic (exact) mass is 1010 g/mol. The van der Waals surface area contributed by atoms with Gasteiger partial charge >= 0.3 is 147 Å². The van der Waals surface area contributed by atoms with E-state index in [-0.39, 0.29) is 134 Å². The van der Waals surface area contributed by atoms with Crippen molar-refractivity contribution in [3.8, 4) is 0 Å². The zero-order chi connectivity index (χ0) is 33.1. The molecule has 0 aromatic heterocycles. The molecule has 2 aromatic carbocycles. The molecule has 0 bridgehead atoms. The summed E-state index contributed by atoms with van der Waals surface area (Å²) in [6.07, 6.45) is 0. The Hall–Kier alpha value is -0.446. The maximum Gasteiger partial charge on any atom is 0 e. The van der Waals surface area contributed by atoms with Gasteiger partial charge in [0.2, 0.25) is 0 Å². The number of hydrogen-bond donors (Lipinski definition) is 0. The summed E-state index contributed by atoms with van der Waals surface area (Å²) in [4.78, 5) is 0. The van der Waals surface area contributed by atoms with Crippen LogP contribution in [0.4, 0.5) is 0 Å². The third kappa shape index (κ3) is 712. The van der Waals surface area contributed by atoms with Gasteiger partial charge in [-0.25, -0.2) is 24.3 Å². The van der Waals surface area contributed by atoms with Gasteiger partial charge in [-0.1, -0.05) is 0 Å². The van der Waals surface area contributed by atoms with Crippen molar-refractivity contribution < 1.29 is 146 Å². The van der Waals surface area contributed by atoms with Gasteiger partial charge < -0.3 is 0 Å². The molecule has 0 aliphatic heterocycles. The van der Waals surface area contributed by atoms with Crippen LogP contribution < -0.4 is 0 Å². The SMILES string of the molecule is [C-]#[O+].[C-]#[O+].[C-]#[O+].[C-]#[O+].[C-]#[O+].[C-]#[O+].[C-]#[O+].[C-]#[O+].[C-]#[O+].[C-]#[O+].[C-]#[O+].[C-]#[O+].[C-]#[O+].[Fe].[Fe].[Fe].[Mn].[Mn].[Sb].[Sb].c1cc[cH-]c1.c1cc[cH-]c1. The molecule has 0 aliphatic carbocycles. The minimum absolute atomic E-state index is 0. The first-order valence-corrected chi connectivity index (χ1v) is 5.99. The van der Waals surface area contributed by atoms with Gasteiger partial charge in [0.05, 0.1) is 0 Å². The van der Waals surface area contributed by atoms with E-state index in [2.05, 4.69) is 86.5 Å². The van der Waals surface area contributed by atoms with E-state index in [1.165, 1.54) is 0 Å². The Morgan fingerprint density at radius 2 is 0.326 bits per heavy atom. The van der Waals surface area contributed by atoms with Gasteiger partial charge in [-0.3, -0.25) is 0 Å². The predicted octanol–water partition coefficient (Wildman–Crippen LogP) is 1.55. The summed E-state index contributed by atoms with van der Waals surface area (Å²) in [6, 6.07) is 20.0. The summed E-state index contributed by atoms with van der Waals surface area (Å²) in [7, 11) is 0. The molecule has 0 amide bonds. The maximum atomic E-state index is 7.50. The first-order valence-electron chi connectivity index (χ1n) is 5.99. The standard InChI is InChI=1S/2C5H5.13CO.3Fe.2Mn.2Sb/c2*1-2-4-5-3-1;13*1-2;;;;;;;/h2*1-5H;;;;;;;;;;;;;;;;;;;;/q2*-1;;;;;;;;;;;;;;;;;;;;. The van der Waals surface area contributed by atoms with Crippen molar-refractivity contribution in [1.29, 1.82) is 0 Å². The molecule has 230 valence electrons. The molecule has 0 saturated carbocycles. The molecule has 0 aliphatic rings. The third-order valence-electron chi connectivity index (χ3n) is 1.11. The topological polar surface area (TPSA) is 259 Å². The van der Waals surface area contributed by atoms with Crippen LogP contribution in [0.3, 0.4) is 0 Å². The predicted molar refractivity (Wildman–Crippen MR) is 107 cm³/mol. The zero-order valence-electron chi connectivity index (χ0n) is 20.3. The van der Waals surface area contributed by atoms with E-state index in [0.29, 0.717) is 0 Å². The summed E-state index contributed by atoms with van der Waals surface area (Å²) in [5.41, 5.74) is 0. The molecule has 0 spiro atoms. The maximum absolute atomic E-state index is 7.50. The van der Waals surface area contributed by atoms with Gasteiger partial charge in [0.1, 0.15) is 0 Å². The fraction of sp³-hybridized carbons (Fsp3) is 0. The quantitative estimate of drug-likeness (QED) is 0.207. The second kappa shape index (κ2) is 749.